The molecule has 2 aromatic carbocycles. The molecule has 1 amide bonds. The molecule has 7 heteroatoms. The lowest BCUT2D eigenvalue weighted by Crippen LogP contribution is -2.27. The minimum atomic E-state index is -0.0642. The van der Waals surface area contributed by atoms with Crippen LogP contribution in [0.5, 0.6) is 11.5 Å². The highest BCUT2D eigenvalue weighted by atomic mass is 16.5. The zero-order valence-corrected chi connectivity index (χ0v) is 17.5. The number of carbonyl (C=O) groups excluding carboxylic acids is 1. The van der Waals surface area contributed by atoms with Gasteiger partial charge in [-0.3, -0.25) is 4.79 Å². The zero-order valence-electron chi connectivity index (χ0n) is 17.5. The number of ether oxygens (including phenoxy) is 1. The van der Waals surface area contributed by atoms with Crippen LogP contribution in [0.15, 0.2) is 79.5 Å². The van der Waals surface area contributed by atoms with Crippen LogP contribution in [0.4, 0.5) is 5.69 Å². The van der Waals surface area contributed by atoms with Crippen molar-refractivity contribution in [2.75, 3.05) is 18.8 Å². The molecule has 0 saturated carbocycles. The SMILES string of the molecule is C=CC(=O)N1CC[C@@H](n2nc(-c3ccc(Oc4ccccc4)cc3)c3c(N)ccnc32)C1. The minimum absolute atomic E-state index is 0.0325. The third kappa shape index (κ3) is 3.58. The summed E-state index contributed by atoms with van der Waals surface area (Å²) in [7, 11) is 0. The van der Waals surface area contributed by atoms with Gasteiger partial charge in [-0.2, -0.15) is 5.10 Å². The predicted molar refractivity (Wildman–Crippen MR) is 124 cm³/mol. The highest BCUT2D eigenvalue weighted by Crippen LogP contribution is 2.35. The Morgan fingerprint density at radius 3 is 2.59 bits per heavy atom. The van der Waals surface area contributed by atoms with Gasteiger partial charge in [-0.1, -0.05) is 24.8 Å². The van der Waals surface area contributed by atoms with E-state index in [0.717, 1.165) is 40.2 Å². The van der Waals surface area contributed by atoms with Gasteiger partial charge < -0.3 is 15.4 Å². The fraction of sp³-hybridized carbons (Fsp3) is 0.160. The summed E-state index contributed by atoms with van der Waals surface area (Å²) in [5.41, 5.74) is 9.38. The van der Waals surface area contributed by atoms with Gasteiger partial charge >= 0.3 is 0 Å². The van der Waals surface area contributed by atoms with Gasteiger partial charge in [-0.25, -0.2) is 9.67 Å². The van der Waals surface area contributed by atoms with E-state index < -0.39 is 0 Å². The second-order valence-electron chi connectivity index (χ2n) is 7.76. The Kier molecular flexibility index (Phi) is 5.07. The smallest absolute Gasteiger partial charge is 0.246 e. The van der Waals surface area contributed by atoms with E-state index in [-0.39, 0.29) is 11.9 Å². The number of fused-ring (bicyclic) bond motifs is 1. The summed E-state index contributed by atoms with van der Waals surface area (Å²) in [6, 6.07) is 19.2. The molecule has 32 heavy (non-hydrogen) atoms. The summed E-state index contributed by atoms with van der Waals surface area (Å²) in [4.78, 5) is 18.4. The molecular weight excluding hydrogens is 402 g/mol. The van der Waals surface area contributed by atoms with Gasteiger partial charge in [0.05, 0.1) is 11.4 Å². The van der Waals surface area contributed by atoms with Crippen molar-refractivity contribution in [3.63, 3.8) is 0 Å². The molecule has 2 aromatic heterocycles. The summed E-state index contributed by atoms with van der Waals surface area (Å²) in [5.74, 6) is 1.46. The Labute approximate surface area is 185 Å². The highest BCUT2D eigenvalue weighted by molar-refractivity contribution is 5.99. The lowest BCUT2D eigenvalue weighted by Gasteiger charge is -2.14. The summed E-state index contributed by atoms with van der Waals surface area (Å²) in [6.07, 6.45) is 3.85. The third-order valence-electron chi connectivity index (χ3n) is 5.73. The molecular formula is C25H23N5O2. The van der Waals surface area contributed by atoms with Crippen molar-refractivity contribution in [2.24, 2.45) is 0 Å². The molecule has 1 saturated heterocycles. The average molecular weight is 425 g/mol. The van der Waals surface area contributed by atoms with E-state index in [1.54, 1.807) is 17.2 Å². The largest absolute Gasteiger partial charge is 0.457 e. The second kappa shape index (κ2) is 8.19. The number of nitrogens with zero attached hydrogens (tertiary/aromatic N) is 4. The number of carbonyl (C=O) groups is 1. The maximum absolute atomic E-state index is 12.0. The van der Waals surface area contributed by atoms with Crippen molar-refractivity contribution in [3.05, 3.63) is 79.5 Å². The fourth-order valence-electron chi connectivity index (χ4n) is 4.12. The van der Waals surface area contributed by atoms with Crippen LogP contribution in [0, 0.1) is 0 Å². The monoisotopic (exact) mass is 425 g/mol. The normalized spacial score (nSPS) is 15.8. The average Bonchev–Trinajstić information content (AvgIpc) is 3.46. The van der Waals surface area contributed by atoms with Crippen molar-refractivity contribution < 1.29 is 9.53 Å². The molecule has 0 bridgehead atoms. The van der Waals surface area contributed by atoms with Crippen molar-refractivity contribution >= 4 is 22.6 Å². The molecule has 0 unspecified atom stereocenters. The molecule has 7 nitrogen and oxygen atoms in total. The number of benzene rings is 2. The summed E-state index contributed by atoms with van der Waals surface area (Å²) >= 11 is 0. The number of nitrogens with two attached hydrogens (primary N) is 1. The van der Waals surface area contributed by atoms with E-state index in [9.17, 15) is 4.79 Å². The Bertz CT molecular complexity index is 1280. The molecule has 1 aliphatic rings. The van der Waals surface area contributed by atoms with Gasteiger partial charge in [0, 0.05) is 30.5 Å². The number of rotatable bonds is 5. The minimum Gasteiger partial charge on any atom is -0.457 e. The number of pyridine rings is 1. The van der Waals surface area contributed by atoms with Gasteiger partial charge in [0.1, 0.15) is 17.2 Å². The lowest BCUT2D eigenvalue weighted by molar-refractivity contribution is -0.125. The Balaban J connectivity index is 1.49. The summed E-state index contributed by atoms with van der Waals surface area (Å²) < 4.78 is 7.81. The molecule has 0 aliphatic carbocycles. The number of likely N-dealkylation sites (tertiary alicyclic amines) is 1. The second-order valence-corrected chi connectivity index (χ2v) is 7.76. The van der Waals surface area contributed by atoms with E-state index in [0.29, 0.717) is 18.8 Å². The van der Waals surface area contributed by atoms with Crippen LogP contribution in [-0.4, -0.2) is 38.7 Å². The van der Waals surface area contributed by atoms with Crippen molar-refractivity contribution in [1.82, 2.24) is 19.7 Å². The first-order valence-corrected chi connectivity index (χ1v) is 10.5. The van der Waals surface area contributed by atoms with Gasteiger partial charge in [0.15, 0.2) is 5.65 Å². The van der Waals surface area contributed by atoms with Crippen molar-refractivity contribution in [2.45, 2.75) is 12.5 Å². The highest BCUT2D eigenvalue weighted by Gasteiger charge is 2.29. The molecule has 1 atom stereocenters. The Hall–Kier alpha value is -4.13. The fourth-order valence-corrected chi connectivity index (χ4v) is 4.12. The number of para-hydroxylation sites is 1. The number of hydrogen-bond acceptors (Lipinski definition) is 5. The van der Waals surface area contributed by atoms with Crippen LogP contribution in [0.2, 0.25) is 0 Å². The molecule has 5 rings (SSSR count). The van der Waals surface area contributed by atoms with Crippen LogP contribution >= 0.6 is 0 Å². The summed E-state index contributed by atoms with van der Waals surface area (Å²) in [6.45, 7) is 4.83. The van der Waals surface area contributed by atoms with Crippen LogP contribution < -0.4 is 10.5 Å². The van der Waals surface area contributed by atoms with Gasteiger partial charge in [0.25, 0.3) is 0 Å². The van der Waals surface area contributed by atoms with Gasteiger partial charge in [-0.15, -0.1) is 0 Å². The molecule has 160 valence electrons. The van der Waals surface area contributed by atoms with Crippen LogP contribution in [-0.2, 0) is 4.79 Å². The zero-order chi connectivity index (χ0) is 22.1. The van der Waals surface area contributed by atoms with E-state index in [1.165, 1.54) is 6.08 Å². The number of hydrogen-bond donors (Lipinski definition) is 1. The quantitative estimate of drug-likeness (QED) is 0.478. The number of amides is 1. The lowest BCUT2D eigenvalue weighted by atomic mass is 10.1. The van der Waals surface area contributed by atoms with E-state index >= 15 is 0 Å². The first kappa shape index (κ1) is 19.8. The number of anilines is 1. The molecule has 3 heterocycles. The van der Waals surface area contributed by atoms with Gasteiger partial charge in [-0.05, 0) is 55.0 Å². The Morgan fingerprint density at radius 1 is 1.09 bits per heavy atom. The molecule has 1 fully saturated rings. The van der Waals surface area contributed by atoms with E-state index in [1.807, 2.05) is 59.3 Å². The predicted octanol–water partition coefficient (Wildman–Crippen LogP) is 4.43. The summed E-state index contributed by atoms with van der Waals surface area (Å²) in [5, 5.41) is 5.72. The van der Waals surface area contributed by atoms with E-state index in [4.69, 9.17) is 15.6 Å². The molecule has 1 aliphatic heterocycles. The van der Waals surface area contributed by atoms with Crippen LogP contribution in [0.25, 0.3) is 22.3 Å². The Morgan fingerprint density at radius 2 is 1.84 bits per heavy atom. The van der Waals surface area contributed by atoms with Crippen LogP contribution in [0.1, 0.15) is 12.5 Å². The van der Waals surface area contributed by atoms with Gasteiger partial charge in [0.2, 0.25) is 5.91 Å². The van der Waals surface area contributed by atoms with E-state index in [2.05, 4.69) is 11.6 Å². The molecule has 4 aromatic rings. The maximum atomic E-state index is 12.0. The maximum Gasteiger partial charge on any atom is 0.246 e. The molecule has 0 radical (unpaired) electrons. The third-order valence-corrected chi connectivity index (χ3v) is 5.73. The van der Waals surface area contributed by atoms with Crippen molar-refractivity contribution in [3.8, 4) is 22.8 Å². The number of aromatic nitrogens is 3. The topological polar surface area (TPSA) is 86.3 Å². The van der Waals surface area contributed by atoms with Crippen LogP contribution in [0.3, 0.4) is 0 Å². The first-order valence-electron chi connectivity index (χ1n) is 10.5. The standard InChI is InChI=1S/C25H23N5O2/c1-2-22(31)29-15-13-18(16-29)30-25-23(21(26)12-14-27-25)24(28-30)17-8-10-20(11-9-17)32-19-6-4-3-5-7-19/h2-12,14,18H,1,13,15-16H2,(H2,26,27)/t18-/m1/s1. The van der Waals surface area contributed by atoms with Crippen molar-refractivity contribution in [1.29, 1.82) is 0 Å². The number of nitrogen functional groups attached to an aromatic ring is 1. The molecule has 2 N–H and O–H groups in total. The molecule has 0 spiro atoms. The first-order chi connectivity index (χ1) is 15.6.